The SMILES string of the molecule is CSc1nnc(C(N)CC(=O)O)o1. The average molecular weight is 203 g/mol. The van der Waals surface area contributed by atoms with Crippen molar-refractivity contribution in [2.45, 2.75) is 17.7 Å². The number of rotatable bonds is 4. The van der Waals surface area contributed by atoms with Crippen molar-refractivity contribution < 1.29 is 14.3 Å². The van der Waals surface area contributed by atoms with Gasteiger partial charge in [0.2, 0.25) is 5.89 Å². The summed E-state index contributed by atoms with van der Waals surface area (Å²) in [6, 6.07) is -0.731. The zero-order chi connectivity index (χ0) is 9.84. The maximum absolute atomic E-state index is 10.3. The molecule has 72 valence electrons. The Morgan fingerprint density at radius 2 is 2.46 bits per heavy atom. The molecule has 1 rings (SSSR count). The summed E-state index contributed by atoms with van der Waals surface area (Å²) in [6.07, 6.45) is 1.57. The Kier molecular flexibility index (Phi) is 3.26. The highest BCUT2D eigenvalue weighted by Gasteiger charge is 2.16. The molecular weight excluding hydrogens is 194 g/mol. The Morgan fingerprint density at radius 3 is 2.92 bits per heavy atom. The van der Waals surface area contributed by atoms with Gasteiger partial charge < -0.3 is 15.3 Å². The lowest BCUT2D eigenvalue weighted by molar-refractivity contribution is -0.137. The zero-order valence-corrected chi connectivity index (χ0v) is 7.74. The summed E-state index contributed by atoms with van der Waals surface area (Å²) < 4.78 is 5.05. The van der Waals surface area contributed by atoms with Crippen LogP contribution in [-0.4, -0.2) is 27.5 Å². The second-order valence-electron chi connectivity index (χ2n) is 2.31. The highest BCUT2D eigenvalue weighted by Crippen LogP contribution is 2.17. The number of hydrogen-bond acceptors (Lipinski definition) is 6. The summed E-state index contributed by atoms with van der Waals surface area (Å²) in [4.78, 5) is 10.3. The van der Waals surface area contributed by atoms with Crippen molar-refractivity contribution in [1.82, 2.24) is 10.2 Å². The molecule has 0 fully saturated rings. The maximum Gasteiger partial charge on any atom is 0.305 e. The molecule has 3 N–H and O–H groups in total. The van der Waals surface area contributed by atoms with Crippen molar-refractivity contribution in [3.05, 3.63) is 5.89 Å². The molecule has 1 heterocycles. The number of nitrogens with zero attached hydrogens (tertiary/aromatic N) is 2. The van der Waals surface area contributed by atoms with Gasteiger partial charge in [-0.05, 0) is 6.26 Å². The molecule has 0 aliphatic rings. The summed E-state index contributed by atoms with van der Waals surface area (Å²) in [5.41, 5.74) is 5.48. The number of carboxylic acid groups (broad SMARTS) is 1. The predicted molar refractivity (Wildman–Crippen MR) is 45.3 cm³/mol. The van der Waals surface area contributed by atoms with Gasteiger partial charge in [0, 0.05) is 0 Å². The molecule has 0 amide bonds. The largest absolute Gasteiger partial charge is 0.481 e. The van der Waals surface area contributed by atoms with Gasteiger partial charge >= 0.3 is 5.97 Å². The average Bonchev–Trinajstić information content (AvgIpc) is 2.50. The molecule has 0 saturated carbocycles. The van der Waals surface area contributed by atoms with E-state index < -0.39 is 12.0 Å². The molecule has 13 heavy (non-hydrogen) atoms. The molecular formula is C6H9N3O3S. The van der Waals surface area contributed by atoms with Crippen LogP contribution < -0.4 is 5.73 Å². The third-order valence-electron chi connectivity index (χ3n) is 1.31. The normalized spacial score (nSPS) is 12.8. The topological polar surface area (TPSA) is 102 Å². The minimum Gasteiger partial charge on any atom is -0.481 e. The Balaban J connectivity index is 2.65. The van der Waals surface area contributed by atoms with E-state index in [1.165, 1.54) is 11.8 Å². The first-order chi connectivity index (χ1) is 6.13. The number of hydrogen-bond donors (Lipinski definition) is 2. The van der Waals surface area contributed by atoms with Gasteiger partial charge in [0.05, 0.1) is 12.5 Å². The Bertz CT molecular complexity index is 301. The van der Waals surface area contributed by atoms with Gasteiger partial charge in [-0.2, -0.15) is 0 Å². The van der Waals surface area contributed by atoms with E-state index in [-0.39, 0.29) is 12.3 Å². The molecule has 0 spiro atoms. The Labute approximate surface area is 78.5 Å². The van der Waals surface area contributed by atoms with E-state index in [0.29, 0.717) is 5.22 Å². The zero-order valence-electron chi connectivity index (χ0n) is 6.93. The lowest BCUT2D eigenvalue weighted by atomic mass is 10.2. The molecule has 0 bridgehead atoms. The fraction of sp³-hybridized carbons (Fsp3) is 0.500. The van der Waals surface area contributed by atoms with E-state index in [4.69, 9.17) is 15.3 Å². The van der Waals surface area contributed by atoms with Crippen LogP contribution in [0.25, 0.3) is 0 Å². The summed E-state index contributed by atoms with van der Waals surface area (Å²) in [6.45, 7) is 0. The van der Waals surface area contributed by atoms with Gasteiger partial charge in [-0.3, -0.25) is 4.79 Å². The Morgan fingerprint density at radius 1 is 1.77 bits per heavy atom. The van der Waals surface area contributed by atoms with Crippen LogP contribution in [0, 0.1) is 0 Å². The van der Waals surface area contributed by atoms with Crippen molar-refractivity contribution in [3.63, 3.8) is 0 Å². The van der Waals surface area contributed by atoms with Gasteiger partial charge in [0.15, 0.2) is 0 Å². The number of aliphatic carboxylic acids is 1. The van der Waals surface area contributed by atoms with Crippen LogP contribution >= 0.6 is 11.8 Å². The van der Waals surface area contributed by atoms with E-state index in [2.05, 4.69) is 10.2 Å². The molecule has 1 unspecified atom stereocenters. The van der Waals surface area contributed by atoms with E-state index in [1.807, 2.05) is 0 Å². The van der Waals surface area contributed by atoms with Crippen molar-refractivity contribution >= 4 is 17.7 Å². The van der Waals surface area contributed by atoms with E-state index in [9.17, 15) is 4.79 Å². The third kappa shape index (κ3) is 2.71. The number of aromatic nitrogens is 2. The van der Waals surface area contributed by atoms with Crippen molar-refractivity contribution in [3.8, 4) is 0 Å². The van der Waals surface area contributed by atoms with Crippen LogP contribution in [0.1, 0.15) is 18.4 Å². The van der Waals surface area contributed by atoms with Crippen molar-refractivity contribution in [2.75, 3.05) is 6.26 Å². The van der Waals surface area contributed by atoms with Crippen molar-refractivity contribution in [1.29, 1.82) is 0 Å². The predicted octanol–water partition coefficient (Wildman–Crippen LogP) is 0.266. The van der Waals surface area contributed by atoms with Gasteiger partial charge in [0.25, 0.3) is 5.22 Å². The molecule has 6 nitrogen and oxygen atoms in total. The standard InChI is InChI=1S/C6H9N3O3S/c1-13-6-9-8-5(12-6)3(7)2-4(10)11/h3H,2,7H2,1H3,(H,10,11). The molecule has 1 aromatic heterocycles. The highest BCUT2D eigenvalue weighted by atomic mass is 32.2. The van der Waals surface area contributed by atoms with Crippen LogP contribution in [0.2, 0.25) is 0 Å². The molecule has 1 atom stereocenters. The molecule has 7 heteroatoms. The highest BCUT2D eigenvalue weighted by molar-refractivity contribution is 7.98. The Hall–Kier alpha value is -1.08. The van der Waals surface area contributed by atoms with Crippen LogP contribution in [0.4, 0.5) is 0 Å². The fourth-order valence-corrected chi connectivity index (χ4v) is 1.02. The van der Waals surface area contributed by atoms with E-state index in [1.54, 1.807) is 6.26 Å². The third-order valence-corrected chi connectivity index (χ3v) is 1.82. The monoisotopic (exact) mass is 203 g/mol. The van der Waals surface area contributed by atoms with Gasteiger partial charge in [-0.1, -0.05) is 11.8 Å². The minimum absolute atomic E-state index is 0.159. The second-order valence-corrected chi connectivity index (χ2v) is 3.07. The van der Waals surface area contributed by atoms with Crippen LogP contribution in [0.15, 0.2) is 9.64 Å². The van der Waals surface area contributed by atoms with Gasteiger partial charge in [0.1, 0.15) is 0 Å². The first kappa shape index (κ1) is 10.0. The minimum atomic E-state index is -0.989. The fourth-order valence-electron chi connectivity index (χ4n) is 0.728. The van der Waals surface area contributed by atoms with E-state index >= 15 is 0 Å². The van der Waals surface area contributed by atoms with Crippen molar-refractivity contribution in [2.24, 2.45) is 5.73 Å². The first-order valence-electron chi connectivity index (χ1n) is 3.48. The van der Waals surface area contributed by atoms with Crippen LogP contribution in [-0.2, 0) is 4.79 Å². The molecule has 0 radical (unpaired) electrons. The maximum atomic E-state index is 10.3. The molecule has 0 saturated heterocycles. The number of carbonyl (C=O) groups is 1. The molecule has 0 aliphatic heterocycles. The second kappa shape index (κ2) is 4.24. The summed E-state index contributed by atoms with van der Waals surface area (Å²) in [7, 11) is 0. The molecule has 0 aromatic carbocycles. The van der Waals surface area contributed by atoms with Crippen LogP contribution in [0.3, 0.4) is 0 Å². The number of thioether (sulfide) groups is 1. The number of carboxylic acids is 1. The first-order valence-corrected chi connectivity index (χ1v) is 4.70. The molecule has 0 aliphatic carbocycles. The lowest BCUT2D eigenvalue weighted by Gasteiger charge is -2.00. The summed E-state index contributed by atoms with van der Waals surface area (Å²) in [5.74, 6) is -0.830. The van der Waals surface area contributed by atoms with E-state index in [0.717, 1.165) is 0 Å². The smallest absolute Gasteiger partial charge is 0.305 e. The number of nitrogens with two attached hydrogens (primary N) is 1. The van der Waals surface area contributed by atoms with Crippen LogP contribution in [0.5, 0.6) is 0 Å². The quantitative estimate of drug-likeness (QED) is 0.677. The lowest BCUT2D eigenvalue weighted by Crippen LogP contribution is -2.15. The molecule has 1 aromatic rings. The summed E-state index contributed by atoms with van der Waals surface area (Å²) >= 11 is 1.28. The van der Waals surface area contributed by atoms with Gasteiger partial charge in [-0.15, -0.1) is 10.2 Å². The summed E-state index contributed by atoms with van der Waals surface area (Å²) in [5, 5.41) is 16.1. The van der Waals surface area contributed by atoms with Gasteiger partial charge in [-0.25, -0.2) is 0 Å².